The minimum absolute atomic E-state index is 0.389. The van der Waals surface area contributed by atoms with E-state index in [4.69, 9.17) is 14.2 Å². The molecule has 0 radical (unpaired) electrons. The van der Waals surface area contributed by atoms with E-state index in [-0.39, 0.29) is 6.10 Å². The largest absolute Gasteiger partial charge is 0.496 e. The Kier molecular flexibility index (Phi) is 5.74. The van der Waals surface area contributed by atoms with Gasteiger partial charge in [0.25, 0.3) is 0 Å². The fraction of sp³-hybridized carbons (Fsp3) is 0.538. The number of rotatable bonds is 7. The number of hydrogen-bond acceptors (Lipinski definition) is 5. The van der Waals surface area contributed by atoms with E-state index in [0.717, 1.165) is 5.56 Å². The van der Waals surface area contributed by atoms with Crippen LogP contribution in [0.15, 0.2) is 12.1 Å². The molecule has 2 N–H and O–H groups in total. The summed E-state index contributed by atoms with van der Waals surface area (Å²) >= 11 is 0. The van der Waals surface area contributed by atoms with E-state index in [0.29, 0.717) is 30.3 Å². The molecule has 0 aliphatic carbocycles. The summed E-state index contributed by atoms with van der Waals surface area (Å²) in [5.74, 6) is 2.08. The summed E-state index contributed by atoms with van der Waals surface area (Å²) in [7, 11) is 4.80. The standard InChI is InChI=1S/C13H21NO4/c1-9(15)7-14-8-11-12(17-3)5-10(16-2)6-13(11)18-4/h5-6,9,14-15H,7-8H2,1-4H3. The van der Waals surface area contributed by atoms with Crippen LogP contribution in [-0.4, -0.2) is 39.1 Å². The topological polar surface area (TPSA) is 60.0 Å². The van der Waals surface area contributed by atoms with Gasteiger partial charge in [0.15, 0.2) is 0 Å². The highest BCUT2D eigenvalue weighted by Gasteiger charge is 2.12. The van der Waals surface area contributed by atoms with Crippen molar-refractivity contribution in [1.82, 2.24) is 5.32 Å². The van der Waals surface area contributed by atoms with Gasteiger partial charge in [0.2, 0.25) is 0 Å². The smallest absolute Gasteiger partial charge is 0.130 e. The van der Waals surface area contributed by atoms with Gasteiger partial charge in [-0.3, -0.25) is 0 Å². The van der Waals surface area contributed by atoms with Crippen LogP contribution in [0, 0.1) is 0 Å². The predicted octanol–water partition coefficient (Wildman–Crippen LogP) is 1.18. The van der Waals surface area contributed by atoms with Crippen molar-refractivity contribution in [1.29, 1.82) is 0 Å². The molecule has 1 unspecified atom stereocenters. The lowest BCUT2D eigenvalue weighted by molar-refractivity contribution is 0.190. The van der Waals surface area contributed by atoms with E-state index < -0.39 is 0 Å². The second-order valence-electron chi connectivity index (χ2n) is 3.99. The number of nitrogens with one attached hydrogen (secondary N) is 1. The number of methoxy groups -OCH3 is 3. The third kappa shape index (κ3) is 3.78. The zero-order chi connectivity index (χ0) is 13.5. The first-order valence-electron chi connectivity index (χ1n) is 5.80. The summed E-state index contributed by atoms with van der Waals surface area (Å²) in [6, 6.07) is 3.61. The van der Waals surface area contributed by atoms with Gasteiger partial charge < -0.3 is 24.6 Å². The van der Waals surface area contributed by atoms with Gasteiger partial charge in [-0.25, -0.2) is 0 Å². The Morgan fingerprint density at radius 1 is 1.11 bits per heavy atom. The van der Waals surface area contributed by atoms with Gasteiger partial charge in [0, 0.05) is 25.2 Å². The summed E-state index contributed by atoms with van der Waals surface area (Å²) in [5.41, 5.74) is 0.904. The SMILES string of the molecule is COc1cc(OC)c(CNCC(C)O)c(OC)c1. The molecule has 0 amide bonds. The van der Waals surface area contributed by atoms with Crippen LogP contribution >= 0.6 is 0 Å². The maximum atomic E-state index is 9.22. The zero-order valence-corrected chi connectivity index (χ0v) is 11.3. The van der Waals surface area contributed by atoms with Crippen molar-refractivity contribution < 1.29 is 19.3 Å². The van der Waals surface area contributed by atoms with E-state index in [9.17, 15) is 5.11 Å². The number of aliphatic hydroxyl groups is 1. The van der Waals surface area contributed by atoms with E-state index in [1.807, 2.05) is 12.1 Å². The van der Waals surface area contributed by atoms with Crippen molar-refractivity contribution in [3.8, 4) is 17.2 Å². The van der Waals surface area contributed by atoms with Crippen LogP contribution in [0.2, 0.25) is 0 Å². The van der Waals surface area contributed by atoms with Gasteiger partial charge in [0.1, 0.15) is 17.2 Å². The van der Waals surface area contributed by atoms with E-state index in [2.05, 4.69) is 5.32 Å². The highest BCUT2D eigenvalue weighted by Crippen LogP contribution is 2.33. The normalized spacial score (nSPS) is 12.1. The first kappa shape index (κ1) is 14.6. The molecule has 0 bridgehead atoms. The average molecular weight is 255 g/mol. The molecule has 18 heavy (non-hydrogen) atoms. The van der Waals surface area contributed by atoms with Crippen LogP contribution in [0.3, 0.4) is 0 Å². The first-order valence-corrected chi connectivity index (χ1v) is 5.80. The summed E-state index contributed by atoms with van der Waals surface area (Å²) in [6.45, 7) is 2.80. The molecule has 0 aromatic heterocycles. The Bertz CT molecular complexity index is 354. The fourth-order valence-electron chi connectivity index (χ4n) is 1.66. The molecule has 0 saturated carbocycles. The summed E-state index contributed by atoms with van der Waals surface area (Å²) in [5, 5.41) is 12.4. The molecule has 0 aliphatic rings. The molecular weight excluding hydrogens is 234 g/mol. The summed E-state index contributed by atoms with van der Waals surface area (Å²) in [4.78, 5) is 0. The molecule has 5 nitrogen and oxygen atoms in total. The van der Waals surface area contributed by atoms with E-state index >= 15 is 0 Å². The van der Waals surface area contributed by atoms with E-state index in [1.165, 1.54) is 0 Å². The van der Waals surface area contributed by atoms with Gasteiger partial charge in [-0.1, -0.05) is 0 Å². The van der Waals surface area contributed by atoms with Crippen molar-refractivity contribution in [3.63, 3.8) is 0 Å². The Morgan fingerprint density at radius 3 is 2.06 bits per heavy atom. The van der Waals surface area contributed by atoms with Crippen molar-refractivity contribution in [2.24, 2.45) is 0 Å². The Hall–Kier alpha value is -1.46. The second kappa shape index (κ2) is 7.08. The quantitative estimate of drug-likeness (QED) is 0.766. The third-order valence-corrected chi connectivity index (χ3v) is 2.56. The van der Waals surface area contributed by atoms with Crippen LogP contribution in [0.4, 0.5) is 0 Å². The molecule has 0 saturated heterocycles. The zero-order valence-electron chi connectivity index (χ0n) is 11.3. The van der Waals surface area contributed by atoms with Crippen molar-refractivity contribution in [2.45, 2.75) is 19.6 Å². The van der Waals surface area contributed by atoms with Crippen LogP contribution in [0.5, 0.6) is 17.2 Å². The van der Waals surface area contributed by atoms with Gasteiger partial charge in [-0.05, 0) is 6.92 Å². The fourth-order valence-corrected chi connectivity index (χ4v) is 1.66. The molecule has 5 heteroatoms. The van der Waals surface area contributed by atoms with Crippen LogP contribution in [0.25, 0.3) is 0 Å². The third-order valence-electron chi connectivity index (χ3n) is 2.56. The van der Waals surface area contributed by atoms with Crippen LogP contribution in [-0.2, 0) is 6.54 Å². The lowest BCUT2D eigenvalue weighted by Gasteiger charge is -2.16. The molecule has 1 aromatic rings. The van der Waals surface area contributed by atoms with Crippen molar-refractivity contribution >= 4 is 0 Å². The lowest BCUT2D eigenvalue weighted by atomic mass is 10.1. The van der Waals surface area contributed by atoms with Gasteiger partial charge in [0.05, 0.1) is 33.0 Å². The maximum absolute atomic E-state index is 9.22. The van der Waals surface area contributed by atoms with Crippen LogP contribution < -0.4 is 19.5 Å². The number of hydrogen-bond donors (Lipinski definition) is 2. The number of ether oxygens (including phenoxy) is 3. The summed E-state index contributed by atoms with van der Waals surface area (Å²) < 4.78 is 15.8. The molecule has 0 aliphatic heterocycles. The van der Waals surface area contributed by atoms with Gasteiger partial charge in [-0.15, -0.1) is 0 Å². The molecule has 102 valence electrons. The number of benzene rings is 1. The van der Waals surface area contributed by atoms with E-state index in [1.54, 1.807) is 28.3 Å². The Morgan fingerprint density at radius 2 is 1.67 bits per heavy atom. The predicted molar refractivity (Wildman–Crippen MR) is 69.5 cm³/mol. The first-order chi connectivity index (χ1) is 8.62. The molecule has 0 heterocycles. The molecule has 0 fully saturated rings. The molecule has 1 aromatic carbocycles. The molecular formula is C13H21NO4. The maximum Gasteiger partial charge on any atom is 0.130 e. The Balaban J connectivity index is 2.92. The highest BCUT2D eigenvalue weighted by molar-refractivity contribution is 5.50. The minimum Gasteiger partial charge on any atom is -0.496 e. The second-order valence-corrected chi connectivity index (χ2v) is 3.99. The highest BCUT2D eigenvalue weighted by atomic mass is 16.5. The molecule has 1 rings (SSSR count). The molecule has 0 spiro atoms. The average Bonchev–Trinajstić information content (AvgIpc) is 2.37. The minimum atomic E-state index is -0.389. The molecule has 1 atom stereocenters. The van der Waals surface area contributed by atoms with Gasteiger partial charge in [-0.2, -0.15) is 0 Å². The Labute approximate surface area is 108 Å². The van der Waals surface area contributed by atoms with Crippen molar-refractivity contribution in [2.75, 3.05) is 27.9 Å². The van der Waals surface area contributed by atoms with Crippen LogP contribution in [0.1, 0.15) is 12.5 Å². The summed E-state index contributed by atoms with van der Waals surface area (Å²) in [6.07, 6.45) is -0.389. The lowest BCUT2D eigenvalue weighted by Crippen LogP contribution is -2.24. The monoisotopic (exact) mass is 255 g/mol. The van der Waals surface area contributed by atoms with Gasteiger partial charge >= 0.3 is 0 Å². The number of aliphatic hydroxyl groups excluding tert-OH is 1. The van der Waals surface area contributed by atoms with Crippen molar-refractivity contribution in [3.05, 3.63) is 17.7 Å².